The van der Waals surface area contributed by atoms with E-state index in [1.165, 1.54) is 0 Å². The summed E-state index contributed by atoms with van der Waals surface area (Å²) in [5, 5.41) is 2.77. The Kier molecular flexibility index (Phi) is 2.65. The molecule has 0 aliphatic carbocycles. The third kappa shape index (κ3) is 1.97. The van der Waals surface area contributed by atoms with Gasteiger partial charge in [0.2, 0.25) is 5.91 Å². The minimum atomic E-state index is -0.0373. The summed E-state index contributed by atoms with van der Waals surface area (Å²) in [4.78, 5) is 10.7. The molecule has 0 saturated carbocycles. The Morgan fingerprint density at radius 2 is 2.60 bits per heavy atom. The zero-order chi connectivity index (χ0) is 7.40. The van der Waals surface area contributed by atoms with Crippen molar-refractivity contribution in [2.24, 2.45) is 5.73 Å². The average molecular weight is 144 g/mol. The maximum atomic E-state index is 10.7. The number of nitrogens with one attached hydrogen (secondary N) is 1. The molecule has 1 fully saturated rings. The van der Waals surface area contributed by atoms with Crippen LogP contribution in [0.5, 0.6) is 0 Å². The van der Waals surface area contributed by atoms with Crippen molar-refractivity contribution in [1.29, 1.82) is 0 Å². The second-order valence-electron chi connectivity index (χ2n) is 2.36. The lowest BCUT2D eigenvalue weighted by molar-refractivity contribution is -0.131. The lowest BCUT2D eigenvalue weighted by atomic mass is 10.2. The van der Waals surface area contributed by atoms with Crippen molar-refractivity contribution in [2.75, 3.05) is 19.8 Å². The first-order valence-electron chi connectivity index (χ1n) is 3.40. The van der Waals surface area contributed by atoms with Gasteiger partial charge in [0.25, 0.3) is 0 Å². The van der Waals surface area contributed by atoms with E-state index in [1.807, 2.05) is 0 Å². The topological polar surface area (TPSA) is 64.3 Å². The molecule has 0 aromatic rings. The van der Waals surface area contributed by atoms with Crippen molar-refractivity contribution in [3.8, 4) is 0 Å². The van der Waals surface area contributed by atoms with E-state index in [4.69, 9.17) is 10.5 Å². The van der Waals surface area contributed by atoms with Gasteiger partial charge in [-0.05, 0) is 13.0 Å². The number of amides is 1. The molecule has 4 heteroatoms. The molecule has 0 radical (unpaired) electrons. The van der Waals surface area contributed by atoms with Crippen LogP contribution < -0.4 is 11.1 Å². The molecule has 1 aliphatic heterocycles. The van der Waals surface area contributed by atoms with Crippen molar-refractivity contribution in [1.82, 2.24) is 5.32 Å². The van der Waals surface area contributed by atoms with Crippen molar-refractivity contribution in [3.05, 3.63) is 0 Å². The predicted octanol–water partition coefficient (Wildman–Crippen LogP) is -1.15. The number of hydrogen-bond donors (Lipinski definition) is 2. The molecule has 1 aliphatic rings. The highest BCUT2D eigenvalue weighted by atomic mass is 16.5. The predicted molar refractivity (Wildman–Crippen MR) is 36.4 cm³/mol. The Labute approximate surface area is 59.7 Å². The normalized spacial score (nSPS) is 26.1. The summed E-state index contributed by atoms with van der Waals surface area (Å²) in [5.74, 6) is -0.0373. The third-order valence-corrected chi connectivity index (χ3v) is 1.43. The summed E-state index contributed by atoms with van der Waals surface area (Å²) in [6.07, 6.45) is 0.797. The largest absolute Gasteiger partial charge is 0.370 e. The Balaban J connectivity index is 2.25. The van der Waals surface area contributed by atoms with E-state index in [2.05, 4.69) is 5.32 Å². The van der Waals surface area contributed by atoms with Crippen LogP contribution in [0.2, 0.25) is 0 Å². The lowest BCUT2D eigenvalue weighted by Crippen LogP contribution is -2.46. The number of hydrogen-bond acceptors (Lipinski definition) is 3. The molecule has 1 atom stereocenters. The number of carbonyl (C=O) groups excluding carboxylic acids is 1. The fourth-order valence-electron chi connectivity index (χ4n) is 0.962. The van der Waals surface area contributed by atoms with E-state index in [0.29, 0.717) is 13.2 Å². The molecule has 58 valence electrons. The van der Waals surface area contributed by atoms with Gasteiger partial charge in [0.1, 0.15) is 6.61 Å². The van der Waals surface area contributed by atoms with Gasteiger partial charge in [-0.25, -0.2) is 0 Å². The Morgan fingerprint density at radius 1 is 1.80 bits per heavy atom. The minimum absolute atomic E-state index is 0.0373. The van der Waals surface area contributed by atoms with E-state index >= 15 is 0 Å². The maximum Gasteiger partial charge on any atom is 0.246 e. The van der Waals surface area contributed by atoms with Gasteiger partial charge in [0.15, 0.2) is 0 Å². The van der Waals surface area contributed by atoms with Crippen LogP contribution in [0.1, 0.15) is 6.42 Å². The smallest absolute Gasteiger partial charge is 0.246 e. The molecular weight excluding hydrogens is 132 g/mol. The molecule has 0 bridgehead atoms. The molecule has 1 unspecified atom stereocenters. The molecule has 0 aromatic heterocycles. The number of carbonyl (C=O) groups is 1. The highest BCUT2D eigenvalue weighted by molar-refractivity contribution is 5.78. The van der Waals surface area contributed by atoms with Crippen LogP contribution in [0, 0.1) is 0 Å². The summed E-state index contributed by atoms with van der Waals surface area (Å²) in [6, 6.07) is 0.131. The van der Waals surface area contributed by atoms with E-state index in [0.717, 1.165) is 6.42 Å². The van der Waals surface area contributed by atoms with Gasteiger partial charge < -0.3 is 15.8 Å². The minimum Gasteiger partial charge on any atom is -0.370 e. The summed E-state index contributed by atoms with van der Waals surface area (Å²) in [5.41, 5.74) is 5.30. The Morgan fingerprint density at radius 3 is 3.20 bits per heavy atom. The monoisotopic (exact) mass is 144 g/mol. The average Bonchev–Trinajstić information content (AvgIpc) is 1.88. The first-order valence-corrected chi connectivity index (χ1v) is 3.40. The van der Waals surface area contributed by atoms with Crippen LogP contribution in [-0.2, 0) is 9.53 Å². The second kappa shape index (κ2) is 3.53. The first kappa shape index (κ1) is 7.50. The second-order valence-corrected chi connectivity index (χ2v) is 2.36. The van der Waals surface area contributed by atoms with Crippen LogP contribution >= 0.6 is 0 Å². The van der Waals surface area contributed by atoms with Crippen molar-refractivity contribution < 1.29 is 9.53 Å². The first-order chi connectivity index (χ1) is 4.83. The van der Waals surface area contributed by atoms with Crippen LogP contribution in [0.4, 0.5) is 0 Å². The maximum absolute atomic E-state index is 10.7. The molecule has 1 saturated heterocycles. The van der Waals surface area contributed by atoms with E-state index < -0.39 is 0 Å². The quantitative estimate of drug-likeness (QED) is 0.514. The summed E-state index contributed by atoms with van der Waals surface area (Å²) in [6.45, 7) is 1.39. The van der Waals surface area contributed by atoms with Gasteiger partial charge in [-0.3, -0.25) is 4.79 Å². The van der Waals surface area contributed by atoms with E-state index in [1.54, 1.807) is 0 Å². The van der Waals surface area contributed by atoms with E-state index in [9.17, 15) is 4.79 Å². The highest BCUT2D eigenvalue weighted by Gasteiger charge is 2.16. The van der Waals surface area contributed by atoms with Crippen molar-refractivity contribution >= 4 is 5.91 Å². The number of ether oxygens (including phenoxy) is 1. The molecule has 1 amide bonds. The standard InChI is InChI=1S/C6H12N2O2/c7-2-1-5-3-10-4-6(9)8-5/h5H,1-4,7H2,(H,8,9). The van der Waals surface area contributed by atoms with Gasteiger partial charge in [0, 0.05) is 0 Å². The van der Waals surface area contributed by atoms with Gasteiger partial charge in [-0.2, -0.15) is 0 Å². The van der Waals surface area contributed by atoms with Crippen LogP contribution in [-0.4, -0.2) is 31.7 Å². The molecular formula is C6H12N2O2. The fourth-order valence-corrected chi connectivity index (χ4v) is 0.962. The van der Waals surface area contributed by atoms with Gasteiger partial charge >= 0.3 is 0 Å². The summed E-state index contributed by atoms with van der Waals surface area (Å²) in [7, 11) is 0. The summed E-state index contributed by atoms with van der Waals surface area (Å²) >= 11 is 0. The van der Waals surface area contributed by atoms with Gasteiger partial charge in [-0.15, -0.1) is 0 Å². The molecule has 3 N–H and O–H groups in total. The molecule has 1 rings (SSSR count). The number of morpholine rings is 1. The summed E-state index contributed by atoms with van der Waals surface area (Å²) < 4.78 is 4.98. The van der Waals surface area contributed by atoms with E-state index in [-0.39, 0.29) is 18.6 Å². The zero-order valence-corrected chi connectivity index (χ0v) is 5.80. The third-order valence-electron chi connectivity index (χ3n) is 1.43. The molecule has 4 nitrogen and oxygen atoms in total. The molecule has 1 heterocycles. The molecule has 0 spiro atoms. The van der Waals surface area contributed by atoms with Crippen LogP contribution in [0.25, 0.3) is 0 Å². The fraction of sp³-hybridized carbons (Fsp3) is 0.833. The van der Waals surface area contributed by atoms with Crippen LogP contribution in [0.15, 0.2) is 0 Å². The van der Waals surface area contributed by atoms with Gasteiger partial charge in [0.05, 0.1) is 12.6 Å². The highest BCUT2D eigenvalue weighted by Crippen LogP contribution is 1.96. The lowest BCUT2D eigenvalue weighted by Gasteiger charge is -2.22. The van der Waals surface area contributed by atoms with Crippen LogP contribution in [0.3, 0.4) is 0 Å². The Hall–Kier alpha value is -0.610. The van der Waals surface area contributed by atoms with Gasteiger partial charge in [-0.1, -0.05) is 0 Å². The SMILES string of the molecule is NCCC1COCC(=O)N1. The Bertz CT molecular complexity index is 125. The molecule has 10 heavy (non-hydrogen) atoms. The van der Waals surface area contributed by atoms with Crippen molar-refractivity contribution in [3.63, 3.8) is 0 Å². The number of nitrogens with two attached hydrogens (primary N) is 1. The zero-order valence-electron chi connectivity index (χ0n) is 5.80. The molecule has 0 aromatic carbocycles. The van der Waals surface area contributed by atoms with Crippen molar-refractivity contribution in [2.45, 2.75) is 12.5 Å². The number of rotatable bonds is 2.